The normalized spacial score (nSPS) is 21.1. The highest BCUT2D eigenvalue weighted by Gasteiger charge is 2.18. The van der Waals surface area contributed by atoms with Gasteiger partial charge in [-0.25, -0.2) is 0 Å². The zero-order chi connectivity index (χ0) is 9.97. The van der Waals surface area contributed by atoms with Crippen LogP contribution in [0.2, 0.25) is 5.02 Å². The van der Waals surface area contributed by atoms with Crippen LogP contribution in [0.3, 0.4) is 0 Å². The fourth-order valence-corrected chi connectivity index (χ4v) is 1.63. The number of rotatable bonds is 2. The van der Waals surface area contributed by atoms with Crippen molar-refractivity contribution in [1.29, 1.82) is 0 Å². The van der Waals surface area contributed by atoms with E-state index in [1.807, 2.05) is 0 Å². The molecule has 1 aromatic carbocycles. The summed E-state index contributed by atoms with van der Waals surface area (Å²) >= 11 is 5.96. The number of halogens is 1. The molecule has 0 saturated carbocycles. The fourth-order valence-electron chi connectivity index (χ4n) is 1.40. The first-order chi connectivity index (χ1) is 6.75. The van der Waals surface area contributed by atoms with Gasteiger partial charge in [-0.2, -0.15) is 0 Å². The van der Waals surface area contributed by atoms with Crippen molar-refractivity contribution in [2.75, 3.05) is 18.9 Å². The highest BCUT2D eigenvalue weighted by atomic mass is 35.5. The average molecular weight is 214 g/mol. The van der Waals surface area contributed by atoms with Crippen LogP contribution in [0.25, 0.3) is 0 Å². The zero-order valence-corrected chi connectivity index (χ0v) is 8.46. The number of hydrogen-bond acceptors (Lipinski definition) is 3. The summed E-state index contributed by atoms with van der Waals surface area (Å²) < 4.78 is 10.8. The van der Waals surface area contributed by atoms with Crippen LogP contribution in [-0.4, -0.2) is 19.3 Å². The lowest BCUT2D eigenvalue weighted by atomic mass is 10.3. The molecular weight excluding hydrogens is 202 g/mol. The molecule has 1 atom stereocenters. The number of anilines is 1. The van der Waals surface area contributed by atoms with E-state index in [1.165, 1.54) is 0 Å². The van der Waals surface area contributed by atoms with Crippen LogP contribution in [0.1, 0.15) is 6.42 Å². The third-order valence-corrected chi connectivity index (χ3v) is 2.43. The van der Waals surface area contributed by atoms with Crippen LogP contribution in [0.4, 0.5) is 5.69 Å². The second kappa shape index (κ2) is 4.07. The van der Waals surface area contributed by atoms with Gasteiger partial charge in [0.25, 0.3) is 0 Å². The highest BCUT2D eigenvalue weighted by Crippen LogP contribution is 2.28. The third-order valence-electron chi connectivity index (χ3n) is 2.14. The molecule has 0 amide bonds. The minimum absolute atomic E-state index is 0.121. The molecule has 0 aromatic heterocycles. The van der Waals surface area contributed by atoms with E-state index in [-0.39, 0.29) is 6.10 Å². The van der Waals surface area contributed by atoms with Gasteiger partial charge in [0.2, 0.25) is 0 Å². The SMILES string of the molecule is Nc1ccc(OC2CCOC2)c(Cl)c1. The van der Waals surface area contributed by atoms with Crippen LogP contribution in [0, 0.1) is 0 Å². The summed E-state index contributed by atoms with van der Waals surface area (Å²) in [5.41, 5.74) is 6.21. The molecule has 1 heterocycles. The second-order valence-electron chi connectivity index (χ2n) is 3.29. The molecule has 1 fully saturated rings. The molecule has 4 heteroatoms. The molecule has 76 valence electrons. The Morgan fingerprint density at radius 3 is 3.00 bits per heavy atom. The van der Waals surface area contributed by atoms with Crippen molar-refractivity contribution >= 4 is 17.3 Å². The zero-order valence-electron chi connectivity index (χ0n) is 7.70. The molecule has 1 aliphatic heterocycles. The maximum Gasteiger partial charge on any atom is 0.138 e. The second-order valence-corrected chi connectivity index (χ2v) is 3.70. The topological polar surface area (TPSA) is 44.5 Å². The lowest BCUT2D eigenvalue weighted by Gasteiger charge is -2.13. The monoisotopic (exact) mass is 213 g/mol. The molecule has 1 unspecified atom stereocenters. The molecule has 0 radical (unpaired) electrons. The predicted octanol–water partition coefficient (Wildman–Crippen LogP) is 2.09. The van der Waals surface area contributed by atoms with Crippen LogP contribution in [0.5, 0.6) is 5.75 Å². The van der Waals surface area contributed by atoms with E-state index in [1.54, 1.807) is 18.2 Å². The van der Waals surface area contributed by atoms with Gasteiger partial charge in [-0.3, -0.25) is 0 Å². The molecule has 14 heavy (non-hydrogen) atoms. The molecule has 0 aliphatic carbocycles. The Balaban J connectivity index is 2.08. The first-order valence-electron chi connectivity index (χ1n) is 4.55. The molecule has 0 spiro atoms. The van der Waals surface area contributed by atoms with E-state index in [0.29, 0.717) is 23.1 Å². The molecule has 1 aliphatic rings. The summed E-state index contributed by atoms with van der Waals surface area (Å²) in [5.74, 6) is 0.677. The van der Waals surface area contributed by atoms with Gasteiger partial charge in [-0.15, -0.1) is 0 Å². The molecule has 3 nitrogen and oxygen atoms in total. The third kappa shape index (κ3) is 2.11. The minimum Gasteiger partial charge on any atom is -0.486 e. The van der Waals surface area contributed by atoms with Crippen molar-refractivity contribution < 1.29 is 9.47 Å². The Bertz CT molecular complexity index is 324. The van der Waals surface area contributed by atoms with Gasteiger partial charge >= 0.3 is 0 Å². The van der Waals surface area contributed by atoms with Crippen LogP contribution in [0.15, 0.2) is 18.2 Å². The van der Waals surface area contributed by atoms with Gasteiger partial charge in [-0.05, 0) is 18.2 Å². The fraction of sp³-hybridized carbons (Fsp3) is 0.400. The molecule has 2 rings (SSSR count). The van der Waals surface area contributed by atoms with Crippen LogP contribution < -0.4 is 10.5 Å². The van der Waals surface area contributed by atoms with Crippen molar-refractivity contribution in [1.82, 2.24) is 0 Å². The summed E-state index contributed by atoms with van der Waals surface area (Å²) in [4.78, 5) is 0. The maximum atomic E-state index is 5.96. The first kappa shape index (κ1) is 9.62. The Labute approximate surface area is 87.8 Å². The maximum absolute atomic E-state index is 5.96. The lowest BCUT2D eigenvalue weighted by Crippen LogP contribution is -2.15. The van der Waals surface area contributed by atoms with Gasteiger partial charge in [0.1, 0.15) is 11.9 Å². The van der Waals surface area contributed by atoms with Crippen molar-refractivity contribution in [2.45, 2.75) is 12.5 Å². The summed E-state index contributed by atoms with van der Waals surface area (Å²) in [5, 5.41) is 0.553. The minimum atomic E-state index is 0.121. The van der Waals surface area contributed by atoms with Crippen molar-refractivity contribution in [3.8, 4) is 5.75 Å². The van der Waals surface area contributed by atoms with Crippen molar-refractivity contribution in [3.05, 3.63) is 23.2 Å². The van der Waals surface area contributed by atoms with Crippen LogP contribution in [-0.2, 0) is 4.74 Å². The lowest BCUT2D eigenvalue weighted by molar-refractivity contribution is 0.141. The number of nitrogen functional groups attached to an aromatic ring is 1. The Hall–Kier alpha value is -0.930. The van der Waals surface area contributed by atoms with Gasteiger partial charge in [0, 0.05) is 12.1 Å². The molecular formula is C10H12ClNO2. The highest BCUT2D eigenvalue weighted by molar-refractivity contribution is 6.32. The summed E-state index contributed by atoms with van der Waals surface area (Å²) in [7, 11) is 0. The van der Waals surface area contributed by atoms with Gasteiger partial charge in [0.05, 0.1) is 18.2 Å². The Morgan fingerprint density at radius 2 is 2.36 bits per heavy atom. The molecule has 1 aromatic rings. The number of benzene rings is 1. The largest absolute Gasteiger partial charge is 0.486 e. The smallest absolute Gasteiger partial charge is 0.138 e. The quantitative estimate of drug-likeness (QED) is 0.766. The molecule has 2 N–H and O–H groups in total. The van der Waals surface area contributed by atoms with Gasteiger partial charge < -0.3 is 15.2 Å². The summed E-state index contributed by atoms with van der Waals surface area (Å²) in [6.45, 7) is 1.40. The van der Waals surface area contributed by atoms with E-state index in [9.17, 15) is 0 Å². The summed E-state index contributed by atoms with van der Waals surface area (Å²) in [6.07, 6.45) is 1.04. The number of nitrogens with two attached hydrogens (primary N) is 1. The Kier molecular flexibility index (Phi) is 2.79. The summed E-state index contributed by atoms with van der Waals surface area (Å²) in [6, 6.07) is 5.25. The molecule has 1 saturated heterocycles. The van der Waals surface area contributed by atoms with Gasteiger partial charge in [0.15, 0.2) is 0 Å². The van der Waals surface area contributed by atoms with E-state index in [2.05, 4.69) is 0 Å². The van der Waals surface area contributed by atoms with Crippen LogP contribution >= 0.6 is 11.6 Å². The van der Waals surface area contributed by atoms with Gasteiger partial charge in [-0.1, -0.05) is 11.6 Å². The standard InChI is InChI=1S/C10H12ClNO2/c11-9-5-7(12)1-2-10(9)14-8-3-4-13-6-8/h1-2,5,8H,3-4,6,12H2. The predicted molar refractivity (Wildman–Crippen MR) is 55.7 cm³/mol. The van der Waals surface area contributed by atoms with E-state index >= 15 is 0 Å². The van der Waals surface area contributed by atoms with E-state index < -0.39 is 0 Å². The Morgan fingerprint density at radius 1 is 1.50 bits per heavy atom. The number of hydrogen-bond donors (Lipinski definition) is 1. The van der Waals surface area contributed by atoms with E-state index in [4.69, 9.17) is 26.8 Å². The van der Waals surface area contributed by atoms with Crippen molar-refractivity contribution in [2.24, 2.45) is 0 Å². The average Bonchev–Trinajstić information content (AvgIpc) is 2.62. The first-order valence-corrected chi connectivity index (χ1v) is 4.93. The van der Waals surface area contributed by atoms with Crippen molar-refractivity contribution in [3.63, 3.8) is 0 Å². The molecule has 0 bridgehead atoms. The van der Waals surface area contributed by atoms with E-state index in [0.717, 1.165) is 13.0 Å². The number of ether oxygens (including phenoxy) is 2.